The molecule has 13 heavy (non-hydrogen) atoms. The zero-order valence-electron chi connectivity index (χ0n) is 6.84. The van der Waals surface area contributed by atoms with Crippen molar-refractivity contribution in [1.82, 2.24) is 14.8 Å². The summed E-state index contributed by atoms with van der Waals surface area (Å²) in [6.45, 7) is 0.621. The van der Waals surface area contributed by atoms with E-state index in [1.165, 1.54) is 11.3 Å². The molecule has 0 amide bonds. The molecule has 0 spiro atoms. The zero-order chi connectivity index (χ0) is 9.10. The molecule has 0 aromatic carbocycles. The first-order valence-corrected chi connectivity index (χ1v) is 4.68. The first-order valence-electron chi connectivity index (χ1n) is 3.80. The summed E-state index contributed by atoms with van der Waals surface area (Å²) in [4.78, 5) is 4.46. The van der Waals surface area contributed by atoms with Gasteiger partial charge in [0.15, 0.2) is 4.80 Å². The van der Waals surface area contributed by atoms with Gasteiger partial charge in [-0.2, -0.15) is 5.10 Å². The number of nitrogens with zero attached hydrogens (tertiary/aromatic N) is 3. The molecule has 2 heterocycles. The maximum absolute atomic E-state index is 7.50. The molecule has 4 nitrogen and oxygen atoms in total. The average Bonchev–Trinajstić information content (AvgIpc) is 2.54. The van der Waals surface area contributed by atoms with Crippen LogP contribution in [-0.2, 0) is 6.54 Å². The van der Waals surface area contributed by atoms with Crippen LogP contribution >= 0.6 is 11.3 Å². The summed E-state index contributed by atoms with van der Waals surface area (Å²) >= 11 is 1.32. The monoisotopic (exact) mass is 192 g/mol. The SMILES string of the molecule is N=c1scnn1Cc1cccnc1. The number of aromatic nitrogens is 3. The van der Waals surface area contributed by atoms with Gasteiger partial charge in [-0.05, 0) is 11.6 Å². The second-order valence-electron chi connectivity index (χ2n) is 2.56. The van der Waals surface area contributed by atoms with Crippen molar-refractivity contribution in [2.75, 3.05) is 0 Å². The highest BCUT2D eigenvalue weighted by molar-refractivity contribution is 7.06. The minimum atomic E-state index is 0.462. The van der Waals surface area contributed by atoms with Gasteiger partial charge < -0.3 is 0 Å². The third-order valence-corrected chi connectivity index (χ3v) is 2.27. The van der Waals surface area contributed by atoms with Gasteiger partial charge in [-0.1, -0.05) is 17.4 Å². The number of rotatable bonds is 2. The predicted molar refractivity (Wildman–Crippen MR) is 49.3 cm³/mol. The Bertz CT molecular complexity index is 431. The van der Waals surface area contributed by atoms with Crippen LogP contribution in [0.5, 0.6) is 0 Å². The second kappa shape index (κ2) is 3.49. The van der Waals surface area contributed by atoms with E-state index in [1.807, 2.05) is 12.1 Å². The molecular weight excluding hydrogens is 184 g/mol. The standard InChI is InChI=1S/C8H8N4S/c9-8-12(11-6-13-8)5-7-2-1-3-10-4-7/h1-4,6,9H,5H2. The van der Waals surface area contributed by atoms with Crippen LogP contribution in [-0.4, -0.2) is 14.8 Å². The lowest BCUT2D eigenvalue weighted by molar-refractivity contribution is 0.647. The second-order valence-corrected chi connectivity index (χ2v) is 3.40. The molecule has 0 bridgehead atoms. The van der Waals surface area contributed by atoms with Crippen molar-refractivity contribution in [2.45, 2.75) is 6.54 Å². The van der Waals surface area contributed by atoms with Gasteiger partial charge in [-0.15, -0.1) is 0 Å². The summed E-state index contributed by atoms with van der Waals surface area (Å²) in [6.07, 6.45) is 3.52. The van der Waals surface area contributed by atoms with E-state index in [0.29, 0.717) is 11.3 Å². The molecule has 0 saturated carbocycles. The Morgan fingerprint density at radius 3 is 3.08 bits per heavy atom. The first-order chi connectivity index (χ1) is 6.36. The molecule has 2 aromatic heterocycles. The molecule has 0 radical (unpaired) electrons. The fourth-order valence-corrected chi connectivity index (χ4v) is 1.52. The van der Waals surface area contributed by atoms with Gasteiger partial charge in [0, 0.05) is 12.4 Å². The molecule has 0 atom stereocenters. The van der Waals surface area contributed by atoms with Gasteiger partial charge in [-0.25, -0.2) is 4.68 Å². The van der Waals surface area contributed by atoms with Crippen LogP contribution < -0.4 is 4.80 Å². The highest BCUT2D eigenvalue weighted by atomic mass is 32.1. The van der Waals surface area contributed by atoms with Crippen molar-refractivity contribution in [1.29, 1.82) is 5.41 Å². The topological polar surface area (TPSA) is 54.6 Å². The number of nitrogens with one attached hydrogen (secondary N) is 1. The van der Waals surface area contributed by atoms with Crippen molar-refractivity contribution < 1.29 is 0 Å². The van der Waals surface area contributed by atoms with Gasteiger partial charge in [0.05, 0.1) is 6.54 Å². The maximum atomic E-state index is 7.50. The lowest BCUT2D eigenvalue weighted by atomic mass is 10.3. The van der Waals surface area contributed by atoms with Crippen LogP contribution in [0.1, 0.15) is 5.56 Å². The summed E-state index contributed by atoms with van der Waals surface area (Å²) < 4.78 is 1.64. The van der Waals surface area contributed by atoms with Gasteiger partial charge in [0.25, 0.3) is 0 Å². The highest BCUT2D eigenvalue weighted by Gasteiger charge is 1.96. The average molecular weight is 192 g/mol. The molecule has 0 fully saturated rings. The van der Waals surface area contributed by atoms with Gasteiger partial charge >= 0.3 is 0 Å². The van der Waals surface area contributed by atoms with Crippen molar-refractivity contribution in [3.05, 3.63) is 40.4 Å². The van der Waals surface area contributed by atoms with Crippen LogP contribution in [0.4, 0.5) is 0 Å². The fourth-order valence-electron chi connectivity index (χ4n) is 1.02. The third-order valence-electron chi connectivity index (χ3n) is 1.64. The van der Waals surface area contributed by atoms with E-state index >= 15 is 0 Å². The predicted octanol–water partition coefficient (Wildman–Crippen LogP) is 0.867. The van der Waals surface area contributed by atoms with E-state index in [0.717, 1.165) is 5.56 Å². The number of pyridine rings is 1. The van der Waals surface area contributed by atoms with Crippen molar-refractivity contribution >= 4 is 11.3 Å². The van der Waals surface area contributed by atoms with E-state index in [4.69, 9.17) is 5.41 Å². The Morgan fingerprint density at radius 2 is 2.46 bits per heavy atom. The quantitative estimate of drug-likeness (QED) is 0.767. The summed E-state index contributed by atoms with van der Waals surface area (Å²) in [5.41, 5.74) is 2.73. The van der Waals surface area contributed by atoms with Crippen molar-refractivity contribution in [3.63, 3.8) is 0 Å². The van der Waals surface area contributed by atoms with Crippen LogP contribution in [0.3, 0.4) is 0 Å². The van der Waals surface area contributed by atoms with Gasteiger partial charge in [-0.3, -0.25) is 10.4 Å². The van der Waals surface area contributed by atoms with Crippen LogP contribution in [0, 0.1) is 5.41 Å². The lowest BCUT2D eigenvalue weighted by Gasteiger charge is -1.98. The van der Waals surface area contributed by atoms with E-state index in [1.54, 1.807) is 22.6 Å². The van der Waals surface area contributed by atoms with E-state index < -0.39 is 0 Å². The summed E-state index contributed by atoms with van der Waals surface area (Å²) in [7, 11) is 0. The molecule has 66 valence electrons. The molecule has 0 saturated heterocycles. The zero-order valence-corrected chi connectivity index (χ0v) is 7.66. The number of hydrogen-bond donors (Lipinski definition) is 1. The molecule has 2 aromatic rings. The van der Waals surface area contributed by atoms with E-state index in [2.05, 4.69) is 10.1 Å². The molecule has 1 N–H and O–H groups in total. The van der Waals surface area contributed by atoms with E-state index in [9.17, 15) is 0 Å². The molecular formula is C8H8N4S. The third kappa shape index (κ3) is 1.81. The highest BCUT2D eigenvalue weighted by Crippen LogP contribution is 1.97. The fraction of sp³-hybridized carbons (Fsp3) is 0.125. The Morgan fingerprint density at radius 1 is 1.54 bits per heavy atom. The normalized spacial score (nSPS) is 10.2. The maximum Gasteiger partial charge on any atom is 0.200 e. The van der Waals surface area contributed by atoms with Crippen LogP contribution in [0.2, 0.25) is 0 Å². The summed E-state index contributed by atoms with van der Waals surface area (Å²) in [6, 6.07) is 3.85. The Hall–Kier alpha value is -1.49. The smallest absolute Gasteiger partial charge is 0.200 e. The molecule has 0 aliphatic heterocycles. The van der Waals surface area contributed by atoms with Crippen molar-refractivity contribution in [3.8, 4) is 0 Å². The largest absolute Gasteiger partial charge is 0.274 e. The molecule has 0 unspecified atom stereocenters. The van der Waals surface area contributed by atoms with Gasteiger partial charge in [0.2, 0.25) is 0 Å². The molecule has 0 aliphatic carbocycles. The Labute approximate surface area is 79.0 Å². The molecule has 2 rings (SSSR count). The van der Waals surface area contributed by atoms with Gasteiger partial charge in [0.1, 0.15) is 5.51 Å². The summed E-state index contributed by atoms with van der Waals surface area (Å²) in [5, 5.41) is 11.5. The molecule has 5 heteroatoms. The Kier molecular flexibility index (Phi) is 2.18. The minimum absolute atomic E-state index is 0.462. The lowest BCUT2D eigenvalue weighted by Crippen LogP contribution is -2.15. The Balaban J connectivity index is 2.25. The minimum Gasteiger partial charge on any atom is -0.274 e. The van der Waals surface area contributed by atoms with E-state index in [-0.39, 0.29) is 0 Å². The number of hydrogen-bond acceptors (Lipinski definition) is 4. The van der Waals surface area contributed by atoms with Crippen LogP contribution in [0.25, 0.3) is 0 Å². The molecule has 0 aliphatic rings. The summed E-state index contributed by atoms with van der Waals surface area (Å²) in [5.74, 6) is 0. The van der Waals surface area contributed by atoms with Crippen LogP contribution in [0.15, 0.2) is 30.0 Å². The van der Waals surface area contributed by atoms with Crippen molar-refractivity contribution in [2.24, 2.45) is 0 Å². The first kappa shape index (κ1) is 8.12.